The van der Waals surface area contributed by atoms with Crippen LogP contribution in [0.5, 0.6) is 0 Å². The minimum absolute atomic E-state index is 0.103. The van der Waals surface area contributed by atoms with Crippen LogP contribution in [0.25, 0.3) is 0 Å². The molecule has 0 aliphatic heterocycles. The first-order chi connectivity index (χ1) is 6.88. The van der Waals surface area contributed by atoms with E-state index in [2.05, 4.69) is 20.8 Å². The predicted molar refractivity (Wildman–Crippen MR) is 64.4 cm³/mol. The molecule has 2 heteroatoms. The molecule has 0 unspecified atom stereocenters. The van der Waals surface area contributed by atoms with E-state index in [9.17, 15) is 4.79 Å². The normalized spacial score (nSPS) is 11.8. The molecule has 0 aliphatic rings. The highest BCUT2D eigenvalue weighted by Gasteiger charge is 2.20. The maximum atomic E-state index is 11.6. The van der Waals surface area contributed by atoms with Crippen molar-refractivity contribution in [3.05, 3.63) is 33.7 Å². The van der Waals surface area contributed by atoms with Crippen LogP contribution in [0.2, 0.25) is 0 Å². The molecule has 0 bridgehead atoms. The van der Waals surface area contributed by atoms with Gasteiger partial charge in [0, 0.05) is 18.8 Å². The van der Waals surface area contributed by atoms with E-state index in [1.54, 1.807) is 4.57 Å². The summed E-state index contributed by atoms with van der Waals surface area (Å²) in [6.45, 7) is 8.54. The Hall–Kier alpha value is -1.05. The van der Waals surface area contributed by atoms with Gasteiger partial charge in [0.25, 0.3) is 5.56 Å². The summed E-state index contributed by atoms with van der Waals surface area (Å²) in [5.41, 5.74) is 2.35. The smallest absolute Gasteiger partial charge is 0.253 e. The van der Waals surface area contributed by atoms with Crippen molar-refractivity contribution >= 4 is 0 Å². The van der Waals surface area contributed by atoms with Crippen LogP contribution in [0.1, 0.15) is 44.7 Å². The van der Waals surface area contributed by atoms with Gasteiger partial charge < -0.3 is 4.57 Å². The molecule has 0 spiro atoms. The molecule has 1 aromatic heterocycles. The summed E-state index contributed by atoms with van der Waals surface area (Å²) in [6.07, 6.45) is 4.27. The van der Waals surface area contributed by atoms with Crippen LogP contribution in [0.4, 0.5) is 0 Å². The lowest BCUT2D eigenvalue weighted by Gasteiger charge is -2.25. The van der Waals surface area contributed by atoms with E-state index >= 15 is 0 Å². The number of hydrogen-bond acceptors (Lipinski definition) is 1. The van der Waals surface area contributed by atoms with Crippen LogP contribution in [0.15, 0.2) is 17.1 Å². The zero-order valence-corrected chi connectivity index (χ0v) is 10.4. The van der Waals surface area contributed by atoms with E-state index in [0.29, 0.717) is 0 Å². The molecule has 0 aliphatic carbocycles. The van der Waals surface area contributed by atoms with Crippen molar-refractivity contribution in [3.8, 4) is 0 Å². The van der Waals surface area contributed by atoms with Crippen LogP contribution in [-0.4, -0.2) is 4.57 Å². The van der Waals surface area contributed by atoms with Crippen LogP contribution in [0, 0.1) is 6.92 Å². The molecule has 1 aromatic rings. The minimum atomic E-state index is 0.103. The molecular weight excluding hydrogens is 186 g/mol. The average molecular weight is 207 g/mol. The van der Waals surface area contributed by atoms with Crippen LogP contribution < -0.4 is 5.56 Å². The van der Waals surface area contributed by atoms with Crippen LogP contribution in [-0.2, 0) is 12.5 Å². The van der Waals surface area contributed by atoms with Crippen molar-refractivity contribution in [3.63, 3.8) is 0 Å². The highest BCUT2D eigenvalue weighted by Crippen LogP contribution is 2.27. The summed E-state index contributed by atoms with van der Waals surface area (Å²) in [6, 6.07) is 2.03. The zero-order valence-electron chi connectivity index (χ0n) is 10.4. The Labute approximate surface area is 91.9 Å². The highest BCUT2D eigenvalue weighted by molar-refractivity contribution is 5.25. The number of aryl methyl sites for hydroxylation is 2. The van der Waals surface area contributed by atoms with Gasteiger partial charge in [-0.15, -0.1) is 0 Å². The van der Waals surface area contributed by atoms with Gasteiger partial charge in [-0.25, -0.2) is 0 Å². The molecule has 1 rings (SSSR count). The predicted octanol–water partition coefficient (Wildman–Crippen LogP) is 2.77. The van der Waals surface area contributed by atoms with Crippen molar-refractivity contribution in [2.75, 3.05) is 0 Å². The van der Waals surface area contributed by atoms with Gasteiger partial charge in [-0.2, -0.15) is 0 Å². The fraction of sp³-hybridized carbons (Fsp3) is 0.615. The average Bonchev–Trinajstić information content (AvgIpc) is 2.13. The van der Waals surface area contributed by atoms with E-state index < -0.39 is 0 Å². The van der Waals surface area contributed by atoms with Gasteiger partial charge in [0.1, 0.15) is 0 Å². The van der Waals surface area contributed by atoms with Crippen LogP contribution >= 0.6 is 0 Å². The van der Waals surface area contributed by atoms with E-state index in [0.717, 1.165) is 18.4 Å². The molecule has 0 atom stereocenters. The van der Waals surface area contributed by atoms with E-state index in [-0.39, 0.29) is 11.0 Å². The Morgan fingerprint density at radius 2 is 2.00 bits per heavy atom. The third kappa shape index (κ3) is 2.49. The second-order valence-corrected chi connectivity index (χ2v) is 4.96. The molecule has 0 aromatic carbocycles. The molecule has 84 valence electrons. The number of nitrogens with zero attached hydrogens (tertiary/aromatic N) is 1. The Bertz CT molecular complexity index is 375. The van der Waals surface area contributed by atoms with Gasteiger partial charge in [0.2, 0.25) is 0 Å². The Balaban J connectivity index is 3.22. The Kier molecular flexibility index (Phi) is 3.38. The van der Waals surface area contributed by atoms with Crippen molar-refractivity contribution in [2.45, 2.75) is 46.0 Å². The summed E-state index contributed by atoms with van der Waals surface area (Å²) in [5, 5.41) is 0. The van der Waals surface area contributed by atoms with Crippen molar-refractivity contribution in [2.24, 2.45) is 7.05 Å². The summed E-state index contributed by atoms with van der Waals surface area (Å²) in [7, 11) is 1.82. The SMILES string of the molecule is CCCC(C)(C)c1cc(C)c(=O)n(C)c1. The monoisotopic (exact) mass is 207 g/mol. The molecule has 0 saturated heterocycles. The minimum Gasteiger partial charge on any atom is -0.318 e. The summed E-state index contributed by atoms with van der Waals surface area (Å²) >= 11 is 0. The number of rotatable bonds is 3. The molecule has 0 saturated carbocycles. The van der Waals surface area contributed by atoms with Gasteiger partial charge in [0.05, 0.1) is 0 Å². The first-order valence-electron chi connectivity index (χ1n) is 5.56. The molecular formula is C13H21NO. The molecule has 1 heterocycles. The zero-order chi connectivity index (χ0) is 11.6. The van der Waals surface area contributed by atoms with Crippen LogP contribution in [0.3, 0.4) is 0 Å². The maximum Gasteiger partial charge on any atom is 0.253 e. The third-order valence-electron chi connectivity index (χ3n) is 3.02. The molecule has 2 nitrogen and oxygen atoms in total. The van der Waals surface area contributed by atoms with E-state index in [1.807, 2.05) is 26.2 Å². The lowest BCUT2D eigenvalue weighted by molar-refractivity contribution is 0.468. The fourth-order valence-electron chi connectivity index (χ4n) is 2.02. The third-order valence-corrected chi connectivity index (χ3v) is 3.02. The lowest BCUT2D eigenvalue weighted by Crippen LogP contribution is -2.24. The Morgan fingerprint density at radius 1 is 1.40 bits per heavy atom. The Morgan fingerprint density at radius 3 is 2.47 bits per heavy atom. The first-order valence-corrected chi connectivity index (χ1v) is 5.56. The van der Waals surface area contributed by atoms with Crippen molar-refractivity contribution in [1.82, 2.24) is 4.57 Å². The van der Waals surface area contributed by atoms with E-state index in [1.165, 1.54) is 5.56 Å². The van der Waals surface area contributed by atoms with Crippen molar-refractivity contribution < 1.29 is 0 Å². The number of aromatic nitrogens is 1. The highest BCUT2D eigenvalue weighted by atomic mass is 16.1. The summed E-state index contributed by atoms with van der Waals surface area (Å²) < 4.78 is 1.68. The molecule has 15 heavy (non-hydrogen) atoms. The van der Waals surface area contributed by atoms with Gasteiger partial charge in [-0.1, -0.05) is 27.2 Å². The lowest BCUT2D eigenvalue weighted by atomic mass is 9.81. The first kappa shape index (κ1) is 12.0. The number of hydrogen-bond donors (Lipinski definition) is 0. The topological polar surface area (TPSA) is 22.0 Å². The summed E-state index contributed by atoms with van der Waals surface area (Å²) in [4.78, 5) is 11.6. The maximum absolute atomic E-state index is 11.6. The second kappa shape index (κ2) is 4.21. The van der Waals surface area contributed by atoms with Gasteiger partial charge in [-0.3, -0.25) is 4.79 Å². The largest absolute Gasteiger partial charge is 0.318 e. The fourth-order valence-corrected chi connectivity index (χ4v) is 2.02. The summed E-state index contributed by atoms with van der Waals surface area (Å²) in [5.74, 6) is 0. The van der Waals surface area contributed by atoms with Gasteiger partial charge in [0.15, 0.2) is 0 Å². The molecule has 0 fully saturated rings. The van der Waals surface area contributed by atoms with Gasteiger partial charge in [-0.05, 0) is 30.4 Å². The van der Waals surface area contributed by atoms with Gasteiger partial charge >= 0.3 is 0 Å². The number of pyridine rings is 1. The quantitative estimate of drug-likeness (QED) is 0.747. The molecule has 0 N–H and O–H groups in total. The standard InChI is InChI=1S/C13H21NO/c1-6-7-13(3,4)11-8-10(2)12(15)14(5)9-11/h8-9H,6-7H2,1-5H3. The molecule has 0 amide bonds. The van der Waals surface area contributed by atoms with Crippen molar-refractivity contribution in [1.29, 1.82) is 0 Å². The van der Waals surface area contributed by atoms with E-state index in [4.69, 9.17) is 0 Å². The second-order valence-electron chi connectivity index (χ2n) is 4.96. The molecule has 0 radical (unpaired) electrons.